The first-order valence-electron chi connectivity index (χ1n) is 8.87. The highest BCUT2D eigenvalue weighted by Gasteiger charge is 2.30. The Hall–Kier alpha value is -2.64. The van der Waals surface area contributed by atoms with E-state index < -0.39 is 0 Å². The van der Waals surface area contributed by atoms with Crippen molar-refractivity contribution in [2.75, 3.05) is 6.54 Å². The largest absolute Gasteiger partial charge is 0.350 e. The number of hydrogen-bond donors (Lipinski definition) is 1. The van der Waals surface area contributed by atoms with Gasteiger partial charge in [0, 0.05) is 35.6 Å². The quantitative estimate of drug-likeness (QED) is 0.667. The van der Waals surface area contributed by atoms with Crippen LogP contribution in [0.2, 0.25) is 10.0 Å². The van der Waals surface area contributed by atoms with Crippen molar-refractivity contribution in [1.82, 2.24) is 24.6 Å². The number of halogens is 2. The number of aromatic nitrogens is 4. The minimum atomic E-state index is -0.352. The van der Waals surface area contributed by atoms with E-state index >= 15 is 0 Å². The van der Waals surface area contributed by atoms with Crippen molar-refractivity contribution in [2.45, 2.75) is 25.4 Å². The van der Waals surface area contributed by atoms with Crippen LogP contribution in [0.5, 0.6) is 0 Å². The molecule has 1 fully saturated rings. The molecule has 4 rings (SSSR count). The molecule has 1 N–H and O–H groups in total. The Morgan fingerprint density at radius 2 is 2.07 bits per heavy atom. The van der Waals surface area contributed by atoms with E-state index in [1.165, 1.54) is 10.7 Å². The second kappa shape index (κ2) is 7.77. The minimum absolute atomic E-state index is 0.177. The van der Waals surface area contributed by atoms with Crippen LogP contribution in [0, 0.1) is 0 Å². The maximum atomic E-state index is 12.8. The van der Waals surface area contributed by atoms with Crippen molar-refractivity contribution in [3.8, 4) is 11.4 Å². The van der Waals surface area contributed by atoms with Crippen molar-refractivity contribution in [3.05, 3.63) is 68.8 Å². The maximum Gasteiger partial charge on any atom is 0.346 e. The summed E-state index contributed by atoms with van der Waals surface area (Å²) >= 11 is 12.0. The molecule has 0 atom stereocenters. The lowest BCUT2D eigenvalue weighted by atomic mass is 10.2. The SMILES string of the molecule is O=C(NCCn1nc(-c2cccnc2)n(C2CC2)c1=O)c1cc(Cl)ccc1Cl. The van der Waals surface area contributed by atoms with E-state index in [1.54, 1.807) is 29.1 Å². The number of nitrogens with zero attached hydrogens (tertiary/aromatic N) is 4. The summed E-state index contributed by atoms with van der Waals surface area (Å²) in [6, 6.07) is 8.56. The summed E-state index contributed by atoms with van der Waals surface area (Å²) in [5.74, 6) is 0.250. The van der Waals surface area contributed by atoms with Crippen LogP contribution in [-0.2, 0) is 6.54 Å². The third-order valence-corrected chi connectivity index (χ3v) is 5.05. The van der Waals surface area contributed by atoms with E-state index in [9.17, 15) is 9.59 Å². The zero-order chi connectivity index (χ0) is 19.7. The first kappa shape index (κ1) is 18.7. The van der Waals surface area contributed by atoms with Crippen LogP contribution >= 0.6 is 23.2 Å². The van der Waals surface area contributed by atoms with Gasteiger partial charge in [0.05, 0.1) is 17.1 Å². The Morgan fingerprint density at radius 1 is 1.25 bits per heavy atom. The fourth-order valence-corrected chi connectivity index (χ4v) is 3.34. The summed E-state index contributed by atoms with van der Waals surface area (Å²) in [6.07, 6.45) is 5.29. The predicted octanol–water partition coefficient (Wildman–Crippen LogP) is 3.18. The summed E-state index contributed by atoms with van der Waals surface area (Å²) in [5, 5.41) is 7.97. The summed E-state index contributed by atoms with van der Waals surface area (Å²) < 4.78 is 3.09. The molecular weight excluding hydrogens is 401 g/mol. The van der Waals surface area contributed by atoms with Gasteiger partial charge in [0.1, 0.15) is 0 Å². The molecule has 1 aliphatic carbocycles. The molecule has 0 radical (unpaired) electrons. The molecule has 2 heterocycles. The van der Waals surface area contributed by atoms with Gasteiger partial charge in [-0.25, -0.2) is 9.48 Å². The van der Waals surface area contributed by atoms with Crippen LogP contribution in [0.4, 0.5) is 0 Å². The van der Waals surface area contributed by atoms with Crippen molar-refractivity contribution >= 4 is 29.1 Å². The van der Waals surface area contributed by atoms with Gasteiger partial charge in [0.15, 0.2) is 5.82 Å². The average molecular weight is 418 g/mol. The normalized spacial score (nSPS) is 13.5. The minimum Gasteiger partial charge on any atom is -0.350 e. The Labute approximate surface area is 170 Å². The van der Waals surface area contributed by atoms with Gasteiger partial charge < -0.3 is 5.32 Å². The monoisotopic (exact) mass is 417 g/mol. The Balaban J connectivity index is 1.50. The Morgan fingerprint density at radius 3 is 2.79 bits per heavy atom. The van der Waals surface area contributed by atoms with Crippen LogP contribution in [0.1, 0.15) is 29.2 Å². The highest BCUT2D eigenvalue weighted by Crippen LogP contribution is 2.36. The smallest absolute Gasteiger partial charge is 0.346 e. The van der Waals surface area contributed by atoms with Gasteiger partial charge in [-0.15, -0.1) is 5.10 Å². The van der Waals surface area contributed by atoms with Gasteiger partial charge in [-0.3, -0.25) is 14.3 Å². The van der Waals surface area contributed by atoms with Crippen LogP contribution in [-0.4, -0.2) is 31.8 Å². The van der Waals surface area contributed by atoms with Gasteiger partial charge in [-0.2, -0.15) is 0 Å². The Kier molecular flexibility index (Phi) is 5.19. The number of carbonyl (C=O) groups is 1. The molecule has 0 aliphatic heterocycles. The maximum absolute atomic E-state index is 12.8. The van der Waals surface area contributed by atoms with Gasteiger partial charge >= 0.3 is 5.69 Å². The lowest BCUT2D eigenvalue weighted by molar-refractivity contribution is 0.0952. The number of nitrogens with one attached hydrogen (secondary N) is 1. The van der Waals surface area contributed by atoms with Crippen molar-refractivity contribution in [3.63, 3.8) is 0 Å². The van der Waals surface area contributed by atoms with Gasteiger partial charge in [-0.1, -0.05) is 23.2 Å². The lowest BCUT2D eigenvalue weighted by Gasteiger charge is -2.07. The van der Waals surface area contributed by atoms with Gasteiger partial charge in [0.2, 0.25) is 0 Å². The molecule has 144 valence electrons. The molecule has 0 saturated heterocycles. The number of pyridine rings is 1. The van der Waals surface area contributed by atoms with E-state index in [0.717, 1.165) is 18.4 Å². The summed E-state index contributed by atoms with van der Waals surface area (Å²) in [7, 11) is 0. The van der Waals surface area contributed by atoms with Crippen molar-refractivity contribution in [1.29, 1.82) is 0 Å². The van der Waals surface area contributed by atoms with Crippen LogP contribution in [0.25, 0.3) is 11.4 Å². The van der Waals surface area contributed by atoms with E-state index in [2.05, 4.69) is 15.4 Å². The molecule has 2 aromatic heterocycles. The highest BCUT2D eigenvalue weighted by atomic mass is 35.5. The third kappa shape index (κ3) is 3.81. The molecular formula is C19H17Cl2N5O2. The second-order valence-corrected chi connectivity index (χ2v) is 7.40. The molecule has 0 bridgehead atoms. The lowest BCUT2D eigenvalue weighted by Crippen LogP contribution is -2.32. The molecule has 1 aliphatic rings. The number of rotatable bonds is 6. The first-order chi connectivity index (χ1) is 13.5. The summed E-state index contributed by atoms with van der Waals surface area (Å²) in [6.45, 7) is 0.478. The standard InChI is InChI=1S/C19H17Cl2N5O2/c20-13-3-6-16(21)15(10-13)18(27)23-8-9-25-19(28)26(14-4-5-14)17(24-25)12-2-1-7-22-11-12/h1-3,6-7,10-11,14H,4-5,8-9H2,(H,23,27). The molecule has 0 unspecified atom stereocenters. The molecule has 7 nitrogen and oxygen atoms in total. The van der Waals surface area contributed by atoms with E-state index in [4.69, 9.17) is 23.2 Å². The molecule has 9 heteroatoms. The van der Waals surface area contributed by atoms with Gasteiger partial charge in [-0.05, 0) is 43.2 Å². The van der Waals surface area contributed by atoms with Gasteiger partial charge in [0.25, 0.3) is 5.91 Å². The van der Waals surface area contributed by atoms with Crippen molar-refractivity contribution in [2.24, 2.45) is 0 Å². The second-order valence-electron chi connectivity index (χ2n) is 6.55. The van der Waals surface area contributed by atoms with Crippen LogP contribution < -0.4 is 11.0 Å². The highest BCUT2D eigenvalue weighted by molar-refractivity contribution is 6.35. The molecule has 1 amide bonds. The zero-order valence-corrected chi connectivity index (χ0v) is 16.3. The Bertz CT molecular complexity index is 1070. The fourth-order valence-electron chi connectivity index (χ4n) is 2.96. The van der Waals surface area contributed by atoms with Crippen LogP contribution in [0.15, 0.2) is 47.5 Å². The number of hydrogen-bond acceptors (Lipinski definition) is 4. The van der Waals surface area contributed by atoms with Crippen LogP contribution in [0.3, 0.4) is 0 Å². The number of amides is 1. The van der Waals surface area contributed by atoms with Crippen molar-refractivity contribution < 1.29 is 4.79 Å². The van der Waals surface area contributed by atoms with E-state index in [1.807, 2.05) is 12.1 Å². The molecule has 3 aromatic rings. The van der Waals surface area contributed by atoms with E-state index in [-0.39, 0.29) is 30.7 Å². The molecule has 1 aromatic carbocycles. The number of benzene rings is 1. The number of carbonyl (C=O) groups excluding carboxylic acids is 1. The van der Waals surface area contributed by atoms with E-state index in [0.29, 0.717) is 21.4 Å². The average Bonchev–Trinajstić information content (AvgIpc) is 3.48. The molecule has 0 spiro atoms. The summed E-state index contributed by atoms with van der Waals surface area (Å²) in [4.78, 5) is 29.2. The predicted molar refractivity (Wildman–Crippen MR) is 107 cm³/mol. The fraction of sp³-hybridized carbons (Fsp3) is 0.263. The molecule has 1 saturated carbocycles. The zero-order valence-electron chi connectivity index (χ0n) is 14.8. The first-order valence-corrected chi connectivity index (χ1v) is 9.63. The topological polar surface area (TPSA) is 81.8 Å². The summed E-state index contributed by atoms with van der Waals surface area (Å²) in [5.41, 5.74) is 0.900. The molecule has 28 heavy (non-hydrogen) atoms. The third-order valence-electron chi connectivity index (χ3n) is 4.48.